The van der Waals surface area contributed by atoms with Crippen molar-refractivity contribution in [3.8, 4) is 0 Å². The van der Waals surface area contributed by atoms with Crippen molar-refractivity contribution in [1.29, 1.82) is 0 Å². The minimum Gasteiger partial charge on any atom is -0.360 e. The van der Waals surface area contributed by atoms with Crippen molar-refractivity contribution in [1.82, 2.24) is 0 Å². The molecular formula is C18H18N2. The van der Waals surface area contributed by atoms with Crippen LogP contribution in [0.3, 0.4) is 0 Å². The van der Waals surface area contributed by atoms with Crippen LogP contribution in [0, 0.1) is 6.92 Å². The number of benzene rings is 2. The Kier molecular flexibility index (Phi) is 3.15. The topological polar surface area (TPSA) is 24.4 Å². The normalized spacial score (nSPS) is 16.9. The van der Waals surface area contributed by atoms with Crippen LogP contribution in [0.25, 0.3) is 6.08 Å². The molecule has 0 bridgehead atoms. The molecule has 1 atom stereocenters. The van der Waals surface area contributed by atoms with E-state index in [2.05, 4.69) is 68.2 Å². The van der Waals surface area contributed by atoms with Crippen molar-refractivity contribution >= 4 is 17.5 Å². The molecule has 2 heteroatoms. The van der Waals surface area contributed by atoms with Crippen molar-refractivity contribution in [2.75, 3.05) is 5.32 Å². The second-order valence-electron chi connectivity index (χ2n) is 5.15. The highest BCUT2D eigenvalue weighted by Gasteiger charge is 2.20. The molecule has 0 fully saturated rings. The smallest absolute Gasteiger partial charge is 0.145 e. The van der Waals surface area contributed by atoms with E-state index in [1.807, 2.05) is 6.08 Å². The average molecular weight is 262 g/mol. The summed E-state index contributed by atoms with van der Waals surface area (Å²) in [4.78, 5) is 4.80. The largest absolute Gasteiger partial charge is 0.360 e. The fourth-order valence-corrected chi connectivity index (χ4v) is 2.70. The Bertz CT molecular complexity index is 698. The lowest BCUT2D eigenvalue weighted by molar-refractivity contribution is 0.825. The second kappa shape index (κ2) is 4.97. The van der Waals surface area contributed by atoms with Crippen molar-refractivity contribution in [3.63, 3.8) is 0 Å². The molecule has 1 aliphatic heterocycles. The zero-order valence-corrected chi connectivity index (χ0v) is 11.9. The molecule has 0 aliphatic carbocycles. The van der Waals surface area contributed by atoms with Gasteiger partial charge in [0.05, 0.1) is 0 Å². The maximum absolute atomic E-state index is 4.80. The Morgan fingerprint density at radius 3 is 2.70 bits per heavy atom. The third-order valence-electron chi connectivity index (χ3n) is 3.65. The summed E-state index contributed by atoms with van der Waals surface area (Å²) in [5.74, 6) is 0. The minimum atomic E-state index is -0.0116. The number of hydrogen-bond acceptors (Lipinski definition) is 2. The Labute approximate surface area is 119 Å². The summed E-state index contributed by atoms with van der Waals surface area (Å²) in [5.41, 5.74) is 6.91. The van der Waals surface area contributed by atoms with Gasteiger partial charge >= 0.3 is 0 Å². The standard InChI is InChI=1S/C18H18N2/c1-4-14-8-6-10-16-17(14)13(3)19-18(20-16)15-9-5-7-12(2)11-15/h4-11,18,20H,1H2,2-3H3. The SMILES string of the molecule is C=Cc1cccc2c1C(C)=NC(c1cccc(C)c1)N2. The first-order valence-electron chi connectivity index (χ1n) is 6.82. The molecule has 1 aliphatic rings. The van der Waals surface area contributed by atoms with Gasteiger partial charge in [0.1, 0.15) is 6.17 Å². The van der Waals surface area contributed by atoms with Crippen LogP contribution < -0.4 is 5.32 Å². The summed E-state index contributed by atoms with van der Waals surface area (Å²) < 4.78 is 0. The van der Waals surface area contributed by atoms with E-state index < -0.39 is 0 Å². The van der Waals surface area contributed by atoms with E-state index in [1.54, 1.807) is 0 Å². The monoisotopic (exact) mass is 262 g/mol. The molecule has 1 unspecified atom stereocenters. The van der Waals surface area contributed by atoms with E-state index >= 15 is 0 Å². The first-order valence-corrected chi connectivity index (χ1v) is 6.82. The van der Waals surface area contributed by atoms with Crippen LogP contribution in [0.5, 0.6) is 0 Å². The molecule has 0 amide bonds. The molecule has 0 saturated carbocycles. The Morgan fingerprint density at radius 2 is 1.95 bits per heavy atom. The summed E-state index contributed by atoms with van der Waals surface area (Å²) in [6, 6.07) is 14.7. The molecule has 0 spiro atoms. The van der Waals surface area contributed by atoms with Crippen LogP contribution in [-0.2, 0) is 0 Å². The quantitative estimate of drug-likeness (QED) is 0.842. The highest BCUT2D eigenvalue weighted by Crippen LogP contribution is 2.32. The van der Waals surface area contributed by atoms with Gasteiger partial charge < -0.3 is 5.32 Å². The van der Waals surface area contributed by atoms with Gasteiger partial charge in [0.2, 0.25) is 0 Å². The van der Waals surface area contributed by atoms with Gasteiger partial charge in [0.25, 0.3) is 0 Å². The molecule has 2 nitrogen and oxygen atoms in total. The van der Waals surface area contributed by atoms with Crippen LogP contribution >= 0.6 is 0 Å². The van der Waals surface area contributed by atoms with Gasteiger partial charge in [-0.25, -0.2) is 0 Å². The summed E-state index contributed by atoms with van der Waals surface area (Å²) >= 11 is 0. The number of hydrogen-bond donors (Lipinski definition) is 1. The average Bonchev–Trinajstić information content (AvgIpc) is 2.46. The van der Waals surface area contributed by atoms with Crippen molar-refractivity contribution in [2.45, 2.75) is 20.0 Å². The Morgan fingerprint density at radius 1 is 1.15 bits per heavy atom. The fourth-order valence-electron chi connectivity index (χ4n) is 2.70. The maximum Gasteiger partial charge on any atom is 0.145 e. The van der Waals surface area contributed by atoms with Crippen molar-refractivity contribution < 1.29 is 0 Å². The van der Waals surface area contributed by atoms with Gasteiger partial charge in [-0.1, -0.05) is 54.6 Å². The minimum absolute atomic E-state index is 0.0116. The van der Waals surface area contributed by atoms with Crippen LogP contribution in [0.2, 0.25) is 0 Å². The number of nitrogens with zero attached hydrogens (tertiary/aromatic N) is 1. The molecule has 0 aromatic heterocycles. The number of fused-ring (bicyclic) bond motifs is 1. The molecule has 1 heterocycles. The molecule has 2 aromatic carbocycles. The van der Waals surface area contributed by atoms with E-state index in [9.17, 15) is 0 Å². The molecule has 3 rings (SSSR count). The highest BCUT2D eigenvalue weighted by molar-refractivity contribution is 6.07. The summed E-state index contributed by atoms with van der Waals surface area (Å²) in [5, 5.41) is 3.51. The van der Waals surface area contributed by atoms with Crippen molar-refractivity contribution in [2.24, 2.45) is 4.99 Å². The summed E-state index contributed by atoms with van der Waals surface area (Å²) in [7, 11) is 0. The van der Waals surface area contributed by atoms with E-state index in [-0.39, 0.29) is 6.17 Å². The molecule has 0 saturated heterocycles. The lowest BCUT2D eigenvalue weighted by Gasteiger charge is -2.26. The molecule has 2 aromatic rings. The molecular weight excluding hydrogens is 244 g/mol. The molecule has 100 valence electrons. The Hall–Kier alpha value is -2.35. The van der Waals surface area contributed by atoms with Crippen molar-refractivity contribution in [3.05, 3.63) is 71.3 Å². The summed E-state index contributed by atoms with van der Waals surface area (Å²) in [6.07, 6.45) is 1.87. The van der Waals surface area contributed by atoms with Gasteiger partial charge in [0.15, 0.2) is 0 Å². The number of nitrogens with one attached hydrogen (secondary N) is 1. The lowest BCUT2D eigenvalue weighted by Crippen LogP contribution is -2.19. The lowest BCUT2D eigenvalue weighted by atomic mass is 9.98. The van der Waals surface area contributed by atoms with Gasteiger partial charge in [0, 0.05) is 17.0 Å². The van der Waals surface area contributed by atoms with Crippen LogP contribution in [0.1, 0.15) is 35.3 Å². The number of anilines is 1. The fraction of sp³-hybridized carbons (Fsp3) is 0.167. The van der Waals surface area contributed by atoms with E-state index in [4.69, 9.17) is 4.99 Å². The molecule has 1 N–H and O–H groups in total. The van der Waals surface area contributed by atoms with Gasteiger partial charge in [-0.05, 0) is 31.0 Å². The Balaban J connectivity index is 2.06. The second-order valence-corrected chi connectivity index (χ2v) is 5.15. The third-order valence-corrected chi connectivity index (χ3v) is 3.65. The zero-order chi connectivity index (χ0) is 14.1. The van der Waals surface area contributed by atoms with Crippen LogP contribution in [0.15, 0.2) is 54.0 Å². The first-order chi connectivity index (χ1) is 9.69. The van der Waals surface area contributed by atoms with Crippen LogP contribution in [-0.4, -0.2) is 5.71 Å². The number of rotatable bonds is 2. The van der Waals surface area contributed by atoms with E-state index in [0.29, 0.717) is 0 Å². The van der Waals surface area contributed by atoms with E-state index in [1.165, 1.54) is 11.1 Å². The van der Waals surface area contributed by atoms with Gasteiger partial charge in [-0.2, -0.15) is 0 Å². The molecule has 20 heavy (non-hydrogen) atoms. The zero-order valence-electron chi connectivity index (χ0n) is 11.9. The van der Waals surface area contributed by atoms with Crippen LogP contribution in [0.4, 0.5) is 5.69 Å². The van der Waals surface area contributed by atoms with Gasteiger partial charge in [-0.3, -0.25) is 4.99 Å². The predicted molar refractivity (Wildman–Crippen MR) is 86.3 cm³/mol. The predicted octanol–water partition coefficient (Wildman–Crippen LogP) is 4.57. The first kappa shape index (κ1) is 12.7. The van der Waals surface area contributed by atoms with E-state index in [0.717, 1.165) is 22.5 Å². The van der Waals surface area contributed by atoms with Gasteiger partial charge in [-0.15, -0.1) is 0 Å². The molecule has 0 radical (unpaired) electrons. The highest BCUT2D eigenvalue weighted by atomic mass is 15.1. The number of aliphatic imine (C=N–C) groups is 1. The third kappa shape index (κ3) is 2.14. The number of aryl methyl sites for hydroxylation is 1. The maximum atomic E-state index is 4.80. The summed E-state index contributed by atoms with van der Waals surface area (Å²) in [6.45, 7) is 8.05.